The highest BCUT2D eigenvalue weighted by Crippen LogP contribution is 2.09. The molecule has 1 atom stereocenters. The van der Waals surface area contributed by atoms with Gasteiger partial charge in [0.2, 0.25) is 5.91 Å². The van der Waals surface area contributed by atoms with E-state index in [1.54, 1.807) is 13.0 Å². The van der Waals surface area contributed by atoms with Crippen LogP contribution >= 0.6 is 11.8 Å². The second-order valence-electron chi connectivity index (χ2n) is 5.70. The first-order chi connectivity index (χ1) is 12.9. The van der Waals surface area contributed by atoms with Gasteiger partial charge in [0.1, 0.15) is 5.76 Å². The number of ether oxygens (including phenoxy) is 1. The van der Waals surface area contributed by atoms with Crippen LogP contribution in [0.2, 0.25) is 0 Å². The van der Waals surface area contributed by atoms with Crippen LogP contribution < -0.4 is 10.6 Å². The first-order valence-electron chi connectivity index (χ1n) is 8.26. The number of carbonyl (C=O) groups is 3. The number of anilines is 1. The van der Waals surface area contributed by atoms with Crippen molar-refractivity contribution < 1.29 is 23.6 Å². The minimum absolute atomic E-state index is 0.0401. The fourth-order valence-corrected chi connectivity index (χ4v) is 2.64. The highest BCUT2D eigenvalue weighted by atomic mass is 32.2. The van der Waals surface area contributed by atoms with Gasteiger partial charge >= 0.3 is 5.97 Å². The average molecular weight is 391 g/mol. The molecule has 0 radical (unpaired) electrons. The van der Waals surface area contributed by atoms with Crippen LogP contribution in [0.3, 0.4) is 0 Å². The van der Waals surface area contributed by atoms with Gasteiger partial charge in [-0.1, -0.05) is 35.5 Å². The zero-order chi connectivity index (χ0) is 19.6. The Kier molecular flexibility index (Phi) is 7.87. The topological polar surface area (TPSA) is 111 Å². The van der Waals surface area contributed by atoms with Crippen LogP contribution in [0.1, 0.15) is 18.2 Å². The highest BCUT2D eigenvalue weighted by Gasteiger charge is 2.18. The number of carbonyl (C=O) groups excluding carboxylic acids is 3. The Balaban J connectivity index is 1.62. The number of nitrogens with zero attached hydrogens (tertiary/aromatic N) is 1. The largest absolute Gasteiger partial charge is 0.452 e. The predicted octanol–water partition coefficient (Wildman–Crippen LogP) is 1.90. The molecule has 0 aliphatic carbocycles. The SMILES string of the molecule is Cc1cc(NC(=O)CSCC(=O)O[C@@H](C)C(=O)NCc2ccccc2)no1. The molecule has 0 fully saturated rings. The molecule has 2 amide bonds. The van der Waals surface area contributed by atoms with Gasteiger partial charge in [-0.2, -0.15) is 0 Å². The maximum absolute atomic E-state index is 12.0. The first kappa shape index (κ1) is 20.5. The number of nitrogens with one attached hydrogen (secondary N) is 2. The normalized spacial score (nSPS) is 11.5. The molecular weight excluding hydrogens is 370 g/mol. The van der Waals surface area contributed by atoms with Crippen molar-refractivity contribution >= 4 is 35.4 Å². The lowest BCUT2D eigenvalue weighted by Gasteiger charge is -2.13. The molecule has 0 spiro atoms. The molecule has 0 aliphatic rings. The van der Waals surface area contributed by atoms with E-state index >= 15 is 0 Å². The summed E-state index contributed by atoms with van der Waals surface area (Å²) in [6.07, 6.45) is -0.909. The number of rotatable bonds is 9. The number of esters is 1. The Bertz CT molecular complexity index is 778. The molecule has 1 aromatic carbocycles. The summed E-state index contributed by atoms with van der Waals surface area (Å²) in [6.45, 7) is 3.57. The summed E-state index contributed by atoms with van der Waals surface area (Å²) in [5.74, 6) is -0.332. The third-order valence-electron chi connectivity index (χ3n) is 3.34. The van der Waals surface area contributed by atoms with Crippen molar-refractivity contribution in [3.8, 4) is 0 Å². The van der Waals surface area contributed by atoms with Crippen molar-refractivity contribution in [3.63, 3.8) is 0 Å². The number of aromatic nitrogens is 1. The molecule has 2 rings (SSSR count). The third-order valence-corrected chi connectivity index (χ3v) is 4.24. The maximum atomic E-state index is 12.0. The molecule has 0 unspecified atom stereocenters. The number of amides is 2. The van der Waals surface area contributed by atoms with Crippen LogP contribution in [0.25, 0.3) is 0 Å². The van der Waals surface area contributed by atoms with Crippen molar-refractivity contribution in [2.75, 3.05) is 16.8 Å². The van der Waals surface area contributed by atoms with E-state index in [0.717, 1.165) is 17.3 Å². The van der Waals surface area contributed by atoms with E-state index in [-0.39, 0.29) is 23.3 Å². The van der Waals surface area contributed by atoms with E-state index in [0.29, 0.717) is 18.1 Å². The van der Waals surface area contributed by atoms with Crippen molar-refractivity contribution in [2.24, 2.45) is 0 Å². The summed E-state index contributed by atoms with van der Waals surface area (Å²) in [6, 6.07) is 11.0. The molecule has 144 valence electrons. The van der Waals surface area contributed by atoms with Crippen molar-refractivity contribution in [3.05, 3.63) is 47.7 Å². The fraction of sp³-hybridized carbons (Fsp3) is 0.333. The number of thioether (sulfide) groups is 1. The van der Waals surface area contributed by atoms with E-state index in [9.17, 15) is 14.4 Å². The van der Waals surface area contributed by atoms with Crippen LogP contribution in [0, 0.1) is 6.92 Å². The summed E-state index contributed by atoms with van der Waals surface area (Å²) in [7, 11) is 0. The van der Waals surface area contributed by atoms with Gasteiger partial charge in [0, 0.05) is 12.6 Å². The van der Waals surface area contributed by atoms with Gasteiger partial charge in [-0.25, -0.2) is 0 Å². The molecule has 0 aliphatic heterocycles. The number of benzene rings is 1. The predicted molar refractivity (Wildman–Crippen MR) is 101 cm³/mol. The molecule has 9 heteroatoms. The third kappa shape index (κ3) is 7.53. The minimum atomic E-state index is -0.909. The smallest absolute Gasteiger partial charge is 0.316 e. The van der Waals surface area contributed by atoms with Gasteiger partial charge in [-0.05, 0) is 19.4 Å². The van der Waals surface area contributed by atoms with E-state index in [2.05, 4.69) is 15.8 Å². The molecule has 0 bridgehead atoms. The lowest BCUT2D eigenvalue weighted by atomic mass is 10.2. The molecular formula is C18H21N3O5S. The fourth-order valence-electron chi connectivity index (χ4n) is 2.04. The van der Waals surface area contributed by atoms with E-state index in [1.807, 2.05) is 30.3 Å². The first-order valence-corrected chi connectivity index (χ1v) is 9.41. The summed E-state index contributed by atoms with van der Waals surface area (Å²) < 4.78 is 9.91. The van der Waals surface area contributed by atoms with Crippen LogP contribution in [-0.2, 0) is 25.7 Å². The molecule has 8 nitrogen and oxygen atoms in total. The Morgan fingerprint density at radius 3 is 2.63 bits per heavy atom. The maximum Gasteiger partial charge on any atom is 0.316 e. The lowest BCUT2D eigenvalue weighted by Crippen LogP contribution is -2.35. The quantitative estimate of drug-likeness (QED) is 0.628. The standard InChI is InChI=1S/C18H21N3O5S/c1-12-8-15(21-26-12)20-16(22)10-27-11-17(23)25-13(2)18(24)19-9-14-6-4-3-5-7-14/h3-8,13H,9-11H2,1-2H3,(H,19,24)(H,20,21,22)/t13-/m0/s1. The summed E-state index contributed by atoms with van der Waals surface area (Å²) in [5, 5.41) is 8.90. The summed E-state index contributed by atoms with van der Waals surface area (Å²) >= 11 is 1.08. The van der Waals surface area contributed by atoms with Gasteiger partial charge in [0.15, 0.2) is 11.9 Å². The summed E-state index contributed by atoms with van der Waals surface area (Å²) in [4.78, 5) is 35.5. The van der Waals surface area contributed by atoms with Gasteiger partial charge in [0.05, 0.1) is 11.5 Å². The zero-order valence-electron chi connectivity index (χ0n) is 15.1. The van der Waals surface area contributed by atoms with E-state index in [1.165, 1.54) is 6.92 Å². The second kappa shape index (κ2) is 10.4. The van der Waals surface area contributed by atoms with Gasteiger partial charge in [-0.15, -0.1) is 11.8 Å². The molecule has 2 N–H and O–H groups in total. The van der Waals surface area contributed by atoms with Gasteiger partial charge in [-0.3, -0.25) is 14.4 Å². The summed E-state index contributed by atoms with van der Waals surface area (Å²) in [5.41, 5.74) is 0.952. The van der Waals surface area contributed by atoms with Crippen LogP contribution in [0.5, 0.6) is 0 Å². The van der Waals surface area contributed by atoms with Crippen LogP contribution in [0.4, 0.5) is 5.82 Å². The van der Waals surface area contributed by atoms with Gasteiger partial charge < -0.3 is 19.9 Å². The van der Waals surface area contributed by atoms with E-state index in [4.69, 9.17) is 9.26 Å². The van der Waals surface area contributed by atoms with Crippen LogP contribution in [0.15, 0.2) is 40.9 Å². The Labute approximate surface area is 161 Å². The average Bonchev–Trinajstić information content (AvgIpc) is 3.05. The molecule has 1 aromatic heterocycles. The number of aryl methyl sites for hydroxylation is 1. The zero-order valence-corrected chi connectivity index (χ0v) is 15.9. The molecule has 1 heterocycles. The van der Waals surface area contributed by atoms with Crippen molar-refractivity contribution in [1.82, 2.24) is 10.5 Å². The molecule has 2 aromatic rings. The van der Waals surface area contributed by atoms with E-state index < -0.39 is 12.1 Å². The van der Waals surface area contributed by atoms with Crippen molar-refractivity contribution in [2.45, 2.75) is 26.5 Å². The highest BCUT2D eigenvalue weighted by molar-refractivity contribution is 8.00. The van der Waals surface area contributed by atoms with Crippen molar-refractivity contribution in [1.29, 1.82) is 0 Å². The monoisotopic (exact) mass is 391 g/mol. The Morgan fingerprint density at radius 1 is 1.22 bits per heavy atom. The second-order valence-corrected chi connectivity index (χ2v) is 6.68. The molecule has 0 saturated carbocycles. The lowest BCUT2D eigenvalue weighted by molar-refractivity contribution is -0.152. The molecule has 0 saturated heterocycles. The van der Waals surface area contributed by atoms with Gasteiger partial charge in [0.25, 0.3) is 5.91 Å². The molecule has 27 heavy (non-hydrogen) atoms. The Morgan fingerprint density at radius 2 is 1.96 bits per heavy atom. The number of hydrogen-bond acceptors (Lipinski definition) is 7. The van der Waals surface area contributed by atoms with Crippen LogP contribution in [-0.4, -0.2) is 40.6 Å². The Hall–Kier alpha value is -2.81. The number of hydrogen-bond donors (Lipinski definition) is 2. The minimum Gasteiger partial charge on any atom is -0.452 e.